The first-order chi connectivity index (χ1) is 7.79. The summed E-state index contributed by atoms with van der Waals surface area (Å²) >= 11 is 0. The number of imidazole rings is 1. The molecule has 1 aromatic rings. The Balaban J connectivity index is 1.81. The molecule has 0 radical (unpaired) electrons. The normalized spacial score (nSPS) is 20.8. The maximum absolute atomic E-state index is 11.0. The minimum absolute atomic E-state index is 0.160. The van der Waals surface area contributed by atoms with Gasteiger partial charge in [0.25, 0.3) is 0 Å². The second-order valence-corrected chi connectivity index (χ2v) is 4.05. The van der Waals surface area contributed by atoms with E-state index in [4.69, 9.17) is 0 Å². The lowest BCUT2D eigenvalue weighted by Gasteiger charge is -2.23. The first-order valence-electron chi connectivity index (χ1n) is 5.79. The monoisotopic (exact) mass is 222 g/mol. The van der Waals surface area contributed by atoms with Gasteiger partial charge in [-0.2, -0.15) is 0 Å². The molecule has 1 saturated heterocycles. The van der Waals surface area contributed by atoms with Crippen LogP contribution < -0.4 is 10.6 Å². The zero-order valence-corrected chi connectivity index (χ0v) is 9.57. The van der Waals surface area contributed by atoms with Gasteiger partial charge >= 0.3 is 0 Å². The predicted octanol–water partition coefficient (Wildman–Crippen LogP) is 0.271. The fraction of sp³-hybridized carbons (Fsp3) is 0.636. The van der Waals surface area contributed by atoms with Crippen LogP contribution in [0.25, 0.3) is 0 Å². The molecule has 5 heteroatoms. The zero-order chi connectivity index (χ0) is 11.4. The van der Waals surface area contributed by atoms with Gasteiger partial charge < -0.3 is 15.2 Å². The summed E-state index contributed by atoms with van der Waals surface area (Å²) in [6.45, 7) is 4.54. The average molecular weight is 222 g/mol. The minimum atomic E-state index is 0.160. The molecule has 16 heavy (non-hydrogen) atoms. The van der Waals surface area contributed by atoms with E-state index in [1.165, 1.54) is 0 Å². The number of nitrogens with one attached hydrogen (secondary N) is 2. The van der Waals surface area contributed by atoms with Gasteiger partial charge in [-0.1, -0.05) is 0 Å². The maximum atomic E-state index is 11.0. The highest BCUT2D eigenvalue weighted by Gasteiger charge is 2.17. The summed E-state index contributed by atoms with van der Waals surface area (Å²) in [5.41, 5.74) is 0. The number of hydrogen-bond acceptors (Lipinski definition) is 3. The Bertz CT molecular complexity index is 351. The van der Waals surface area contributed by atoms with Gasteiger partial charge in [0.05, 0.1) is 6.54 Å². The lowest BCUT2D eigenvalue weighted by atomic mass is 10.1. The third kappa shape index (κ3) is 2.61. The van der Waals surface area contributed by atoms with Gasteiger partial charge in [-0.15, -0.1) is 0 Å². The molecule has 0 aromatic carbocycles. The van der Waals surface area contributed by atoms with Crippen molar-refractivity contribution >= 4 is 5.91 Å². The fourth-order valence-corrected chi connectivity index (χ4v) is 1.94. The number of carbonyl (C=O) groups excluding carboxylic acids is 1. The van der Waals surface area contributed by atoms with Crippen LogP contribution in [0.5, 0.6) is 0 Å². The van der Waals surface area contributed by atoms with Crippen molar-refractivity contribution < 1.29 is 4.79 Å². The molecule has 1 atom stereocenters. The van der Waals surface area contributed by atoms with Crippen LogP contribution >= 0.6 is 0 Å². The second kappa shape index (κ2) is 5.12. The number of amides is 1. The van der Waals surface area contributed by atoms with Crippen LogP contribution in [0.4, 0.5) is 0 Å². The van der Waals surface area contributed by atoms with E-state index in [0.717, 1.165) is 31.9 Å². The van der Waals surface area contributed by atoms with Gasteiger partial charge in [-0.25, -0.2) is 4.98 Å². The van der Waals surface area contributed by atoms with Crippen LogP contribution in [0, 0.1) is 0 Å². The molecule has 0 bridgehead atoms. The Morgan fingerprint density at radius 1 is 1.69 bits per heavy atom. The topological polar surface area (TPSA) is 59.0 Å². The van der Waals surface area contributed by atoms with E-state index in [9.17, 15) is 4.79 Å². The van der Waals surface area contributed by atoms with Crippen LogP contribution in [0.1, 0.15) is 25.6 Å². The van der Waals surface area contributed by atoms with Crippen molar-refractivity contribution in [3.05, 3.63) is 18.2 Å². The summed E-state index contributed by atoms with van der Waals surface area (Å²) in [7, 11) is 0. The molecule has 1 aliphatic heterocycles. The number of carbonyl (C=O) groups is 1. The molecule has 2 N–H and O–H groups in total. The van der Waals surface area contributed by atoms with E-state index in [2.05, 4.69) is 27.1 Å². The van der Waals surface area contributed by atoms with Crippen LogP contribution in [0.15, 0.2) is 12.4 Å². The van der Waals surface area contributed by atoms with Crippen molar-refractivity contribution in [2.24, 2.45) is 0 Å². The summed E-state index contributed by atoms with van der Waals surface area (Å²) in [6, 6.07) is 0.375. The summed E-state index contributed by atoms with van der Waals surface area (Å²) in [5, 5.41) is 6.28. The number of nitrogens with zero attached hydrogens (tertiary/aromatic N) is 2. The average Bonchev–Trinajstić information content (AvgIpc) is 2.76. The highest BCUT2D eigenvalue weighted by molar-refractivity contribution is 5.76. The zero-order valence-electron chi connectivity index (χ0n) is 9.57. The van der Waals surface area contributed by atoms with E-state index in [1.807, 2.05) is 12.4 Å². The Morgan fingerprint density at radius 2 is 2.56 bits per heavy atom. The minimum Gasteiger partial charge on any atom is -0.355 e. The number of piperidine rings is 1. The number of hydrogen-bond donors (Lipinski definition) is 2. The molecule has 0 aliphatic carbocycles. The third-order valence-electron chi connectivity index (χ3n) is 2.96. The smallest absolute Gasteiger partial charge is 0.220 e. The SMILES string of the molecule is CCn1ccnc1CNC1CCC(=O)NC1. The second-order valence-electron chi connectivity index (χ2n) is 4.05. The van der Waals surface area contributed by atoms with Crippen LogP contribution in [-0.4, -0.2) is 28.0 Å². The van der Waals surface area contributed by atoms with E-state index in [1.54, 1.807) is 0 Å². The lowest BCUT2D eigenvalue weighted by Crippen LogP contribution is -2.45. The molecule has 0 saturated carbocycles. The van der Waals surface area contributed by atoms with E-state index < -0.39 is 0 Å². The molecule has 1 amide bonds. The molecule has 1 unspecified atom stereocenters. The first-order valence-corrected chi connectivity index (χ1v) is 5.79. The molecule has 88 valence electrons. The summed E-state index contributed by atoms with van der Waals surface area (Å²) in [4.78, 5) is 15.3. The van der Waals surface area contributed by atoms with Crippen molar-refractivity contribution in [1.29, 1.82) is 0 Å². The van der Waals surface area contributed by atoms with Gasteiger partial charge in [0.1, 0.15) is 5.82 Å². The fourth-order valence-electron chi connectivity index (χ4n) is 1.94. The molecular weight excluding hydrogens is 204 g/mol. The third-order valence-corrected chi connectivity index (χ3v) is 2.96. The standard InChI is InChI=1S/C11H18N4O/c1-2-15-6-5-12-10(15)8-13-9-3-4-11(16)14-7-9/h5-6,9,13H,2-4,7-8H2,1H3,(H,14,16). The van der Waals surface area contributed by atoms with Crippen LogP contribution in [0.3, 0.4) is 0 Å². The number of rotatable bonds is 4. The predicted molar refractivity (Wildman–Crippen MR) is 60.8 cm³/mol. The van der Waals surface area contributed by atoms with E-state index in [0.29, 0.717) is 12.5 Å². The summed E-state index contributed by atoms with van der Waals surface area (Å²) in [5.74, 6) is 1.22. The molecular formula is C11H18N4O. The quantitative estimate of drug-likeness (QED) is 0.769. The van der Waals surface area contributed by atoms with E-state index >= 15 is 0 Å². The first kappa shape index (κ1) is 11.1. The Morgan fingerprint density at radius 3 is 3.25 bits per heavy atom. The van der Waals surface area contributed by atoms with Crippen molar-refractivity contribution in [1.82, 2.24) is 20.2 Å². The molecule has 1 fully saturated rings. The molecule has 2 heterocycles. The van der Waals surface area contributed by atoms with Gasteiger partial charge in [-0.05, 0) is 13.3 Å². The summed E-state index contributed by atoms with van der Waals surface area (Å²) < 4.78 is 2.12. The van der Waals surface area contributed by atoms with Gasteiger partial charge in [0, 0.05) is 37.9 Å². The van der Waals surface area contributed by atoms with Crippen LogP contribution in [-0.2, 0) is 17.9 Å². The van der Waals surface area contributed by atoms with Crippen molar-refractivity contribution in [2.45, 2.75) is 38.9 Å². The highest BCUT2D eigenvalue weighted by Crippen LogP contribution is 2.04. The van der Waals surface area contributed by atoms with Gasteiger partial charge in [0.15, 0.2) is 0 Å². The Hall–Kier alpha value is -1.36. The van der Waals surface area contributed by atoms with Crippen LogP contribution in [0.2, 0.25) is 0 Å². The Labute approximate surface area is 95.2 Å². The maximum Gasteiger partial charge on any atom is 0.220 e. The molecule has 0 spiro atoms. The molecule has 1 aliphatic rings. The number of aryl methyl sites for hydroxylation is 1. The molecule has 1 aromatic heterocycles. The molecule has 2 rings (SSSR count). The lowest BCUT2D eigenvalue weighted by molar-refractivity contribution is -0.122. The van der Waals surface area contributed by atoms with Gasteiger partial charge in [-0.3, -0.25) is 4.79 Å². The molecule has 5 nitrogen and oxygen atoms in total. The van der Waals surface area contributed by atoms with Crippen molar-refractivity contribution in [2.75, 3.05) is 6.54 Å². The largest absolute Gasteiger partial charge is 0.355 e. The van der Waals surface area contributed by atoms with Crippen molar-refractivity contribution in [3.8, 4) is 0 Å². The van der Waals surface area contributed by atoms with E-state index in [-0.39, 0.29) is 5.91 Å². The number of aromatic nitrogens is 2. The van der Waals surface area contributed by atoms with Crippen molar-refractivity contribution in [3.63, 3.8) is 0 Å². The summed E-state index contributed by atoms with van der Waals surface area (Å²) in [6.07, 6.45) is 5.35. The van der Waals surface area contributed by atoms with Gasteiger partial charge in [0.2, 0.25) is 5.91 Å². The Kier molecular flexibility index (Phi) is 3.56. The highest BCUT2D eigenvalue weighted by atomic mass is 16.1.